The van der Waals surface area contributed by atoms with E-state index in [9.17, 15) is 4.79 Å². The number of aromatic nitrogens is 3. The van der Waals surface area contributed by atoms with Crippen LogP contribution in [0.1, 0.15) is 60.1 Å². The average molecular weight is 393 g/mol. The van der Waals surface area contributed by atoms with Crippen LogP contribution in [0.2, 0.25) is 0 Å². The maximum atomic E-state index is 12.8. The number of carbonyl (C=O) groups is 1. The number of fused-ring (bicyclic) bond motifs is 1. The van der Waals surface area contributed by atoms with Gasteiger partial charge in [-0.25, -0.2) is 0 Å². The minimum Gasteiger partial charge on any atom is -0.360 e. The van der Waals surface area contributed by atoms with Crippen LogP contribution in [0.25, 0.3) is 0 Å². The molecule has 1 aromatic carbocycles. The average Bonchev–Trinajstić information content (AvgIpc) is 3.29. The van der Waals surface area contributed by atoms with E-state index in [-0.39, 0.29) is 11.3 Å². The van der Waals surface area contributed by atoms with Crippen molar-refractivity contribution in [3.63, 3.8) is 0 Å². The fourth-order valence-corrected chi connectivity index (χ4v) is 3.89. The van der Waals surface area contributed by atoms with E-state index in [1.807, 2.05) is 10.9 Å². The predicted octanol–water partition coefficient (Wildman–Crippen LogP) is 4.63. The molecule has 6 nitrogen and oxygen atoms in total. The quantitative estimate of drug-likeness (QED) is 0.702. The standard InChI is InChI=1S/C23H28N4O2/c1-15-5-7-16(8-6-15)14-27-12-11-20(25-27)24-22(28)21-18-13-17(23(2,3)4)9-10-19(18)29-26-21/h5-8,11-12,17H,9-10,13-14H2,1-4H3,(H,24,25,28)/t17-/m0/s1. The van der Waals surface area contributed by atoms with Crippen LogP contribution >= 0.6 is 0 Å². The van der Waals surface area contributed by atoms with Crippen molar-refractivity contribution in [2.24, 2.45) is 11.3 Å². The zero-order valence-electron chi connectivity index (χ0n) is 17.5. The van der Waals surface area contributed by atoms with Crippen LogP contribution in [0, 0.1) is 18.3 Å². The number of carbonyl (C=O) groups excluding carboxylic acids is 1. The Labute approximate surface area is 171 Å². The Hall–Kier alpha value is -2.89. The van der Waals surface area contributed by atoms with Crippen molar-refractivity contribution in [2.45, 2.75) is 53.5 Å². The molecule has 0 spiro atoms. The lowest BCUT2D eigenvalue weighted by Crippen LogP contribution is -2.27. The van der Waals surface area contributed by atoms with Crippen molar-refractivity contribution >= 4 is 11.7 Å². The SMILES string of the molecule is Cc1ccc(Cn2ccc(NC(=O)c3noc4c3C[C@@H](C(C)(C)C)CC4)n2)cc1. The number of amides is 1. The fraction of sp³-hybridized carbons (Fsp3) is 0.435. The molecule has 0 saturated carbocycles. The van der Waals surface area contributed by atoms with E-state index in [2.05, 4.69) is 67.5 Å². The van der Waals surface area contributed by atoms with Crippen LogP contribution < -0.4 is 5.32 Å². The van der Waals surface area contributed by atoms with Crippen LogP contribution in [0.15, 0.2) is 41.1 Å². The summed E-state index contributed by atoms with van der Waals surface area (Å²) in [5.41, 5.74) is 3.93. The van der Waals surface area contributed by atoms with Crippen molar-refractivity contribution in [1.29, 1.82) is 0 Å². The number of anilines is 1. The molecule has 4 rings (SSSR count). The third kappa shape index (κ3) is 4.26. The van der Waals surface area contributed by atoms with Gasteiger partial charge in [0, 0.05) is 24.2 Å². The lowest BCUT2D eigenvalue weighted by molar-refractivity contribution is 0.101. The van der Waals surface area contributed by atoms with Gasteiger partial charge in [-0.2, -0.15) is 5.10 Å². The highest BCUT2D eigenvalue weighted by Crippen LogP contribution is 2.38. The van der Waals surface area contributed by atoms with Crippen LogP contribution in [0.4, 0.5) is 5.82 Å². The summed E-state index contributed by atoms with van der Waals surface area (Å²) >= 11 is 0. The smallest absolute Gasteiger partial charge is 0.279 e. The van der Waals surface area contributed by atoms with E-state index in [1.54, 1.807) is 6.07 Å². The number of hydrogen-bond donors (Lipinski definition) is 1. The van der Waals surface area contributed by atoms with Crippen molar-refractivity contribution in [3.05, 3.63) is 64.7 Å². The Morgan fingerprint density at radius 2 is 2.00 bits per heavy atom. The van der Waals surface area contributed by atoms with E-state index in [0.29, 0.717) is 24.0 Å². The van der Waals surface area contributed by atoms with E-state index in [0.717, 1.165) is 36.1 Å². The zero-order valence-corrected chi connectivity index (χ0v) is 17.5. The van der Waals surface area contributed by atoms with E-state index >= 15 is 0 Å². The van der Waals surface area contributed by atoms with Gasteiger partial charge in [0.25, 0.3) is 5.91 Å². The lowest BCUT2D eigenvalue weighted by Gasteiger charge is -2.33. The van der Waals surface area contributed by atoms with Gasteiger partial charge in [-0.05, 0) is 36.7 Å². The molecular weight excluding hydrogens is 364 g/mol. The number of hydrogen-bond acceptors (Lipinski definition) is 4. The first-order valence-corrected chi connectivity index (χ1v) is 10.2. The summed E-state index contributed by atoms with van der Waals surface area (Å²) in [6.07, 6.45) is 4.59. The third-order valence-electron chi connectivity index (χ3n) is 5.83. The van der Waals surface area contributed by atoms with Crippen LogP contribution in [-0.4, -0.2) is 20.8 Å². The Kier molecular flexibility index (Phi) is 5.03. The van der Waals surface area contributed by atoms with Gasteiger partial charge in [0.15, 0.2) is 11.5 Å². The second kappa shape index (κ2) is 7.50. The second-order valence-electron chi connectivity index (χ2n) is 9.08. The molecule has 152 valence electrons. The Morgan fingerprint density at radius 3 is 2.72 bits per heavy atom. The molecule has 1 N–H and O–H groups in total. The highest BCUT2D eigenvalue weighted by molar-refractivity contribution is 6.03. The van der Waals surface area contributed by atoms with Crippen LogP contribution in [0.3, 0.4) is 0 Å². The maximum Gasteiger partial charge on any atom is 0.279 e. The second-order valence-corrected chi connectivity index (χ2v) is 9.08. The number of nitrogens with one attached hydrogen (secondary N) is 1. The molecule has 3 aromatic rings. The molecule has 1 aliphatic carbocycles. The van der Waals surface area contributed by atoms with Gasteiger partial charge in [-0.1, -0.05) is 55.8 Å². The Bertz CT molecular complexity index is 1010. The van der Waals surface area contributed by atoms with Gasteiger partial charge in [-0.15, -0.1) is 0 Å². The molecule has 1 amide bonds. The first kappa shape index (κ1) is 19.4. The van der Waals surface area contributed by atoms with Crippen molar-refractivity contribution in [1.82, 2.24) is 14.9 Å². The van der Waals surface area contributed by atoms with Gasteiger partial charge in [0.05, 0.1) is 6.54 Å². The summed E-state index contributed by atoms with van der Waals surface area (Å²) in [6.45, 7) is 9.46. The number of benzene rings is 1. The predicted molar refractivity (Wildman–Crippen MR) is 112 cm³/mol. The van der Waals surface area contributed by atoms with Gasteiger partial charge in [-0.3, -0.25) is 9.48 Å². The third-order valence-corrected chi connectivity index (χ3v) is 5.83. The molecule has 1 aliphatic rings. The summed E-state index contributed by atoms with van der Waals surface area (Å²) in [5, 5.41) is 11.4. The summed E-state index contributed by atoms with van der Waals surface area (Å²) < 4.78 is 7.28. The minimum absolute atomic E-state index is 0.192. The molecule has 0 unspecified atom stereocenters. The lowest BCUT2D eigenvalue weighted by atomic mass is 9.71. The molecule has 0 bridgehead atoms. The summed E-state index contributed by atoms with van der Waals surface area (Å²) in [6, 6.07) is 10.1. The Balaban J connectivity index is 1.45. The van der Waals surface area contributed by atoms with Gasteiger partial charge >= 0.3 is 0 Å². The van der Waals surface area contributed by atoms with Gasteiger partial charge in [0.1, 0.15) is 5.76 Å². The first-order valence-electron chi connectivity index (χ1n) is 10.2. The van der Waals surface area contributed by atoms with E-state index < -0.39 is 0 Å². The van der Waals surface area contributed by atoms with Crippen molar-refractivity contribution in [2.75, 3.05) is 5.32 Å². The maximum absolute atomic E-state index is 12.8. The molecule has 1 atom stereocenters. The Morgan fingerprint density at radius 1 is 1.24 bits per heavy atom. The molecule has 0 saturated heterocycles. The normalized spacial score (nSPS) is 16.5. The topological polar surface area (TPSA) is 73.0 Å². The summed E-state index contributed by atoms with van der Waals surface area (Å²) in [7, 11) is 0. The van der Waals surface area contributed by atoms with Gasteiger partial charge < -0.3 is 9.84 Å². The highest BCUT2D eigenvalue weighted by Gasteiger charge is 2.34. The minimum atomic E-state index is -0.259. The fourth-order valence-electron chi connectivity index (χ4n) is 3.89. The van der Waals surface area contributed by atoms with Gasteiger partial charge in [0.2, 0.25) is 0 Å². The molecule has 0 aliphatic heterocycles. The molecule has 6 heteroatoms. The van der Waals surface area contributed by atoms with E-state index in [4.69, 9.17) is 4.52 Å². The number of aryl methyl sites for hydroxylation is 2. The molecule has 29 heavy (non-hydrogen) atoms. The molecule has 0 radical (unpaired) electrons. The largest absolute Gasteiger partial charge is 0.360 e. The molecular formula is C23H28N4O2. The molecule has 2 aromatic heterocycles. The summed E-state index contributed by atoms with van der Waals surface area (Å²) in [5.74, 6) is 1.61. The summed E-state index contributed by atoms with van der Waals surface area (Å²) in [4.78, 5) is 12.8. The highest BCUT2D eigenvalue weighted by atomic mass is 16.5. The monoisotopic (exact) mass is 392 g/mol. The number of rotatable bonds is 4. The molecule has 0 fully saturated rings. The molecule has 2 heterocycles. The zero-order chi connectivity index (χ0) is 20.6. The number of nitrogens with zero attached hydrogens (tertiary/aromatic N) is 3. The van der Waals surface area contributed by atoms with Crippen molar-refractivity contribution in [3.8, 4) is 0 Å². The van der Waals surface area contributed by atoms with Crippen LogP contribution in [-0.2, 0) is 19.4 Å². The van der Waals surface area contributed by atoms with Crippen molar-refractivity contribution < 1.29 is 9.32 Å². The first-order chi connectivity index (χ1) is 13.8. The van der Waals surface area contributed by atoms with Crippen LogP contribution in [0.5, 0.6) is 0 Å². The van der Waals surface area contributed by atoms with E-state index in [1.165, 1.54) is 5.56 Å².